The Morgan fingerprint density at radius 2 is 2.04 bits per heavy atom. The number of rotatable bonds is 6. The molecule has 7 nitrogen and oxygen atoms in total. The number of aromatic amines is 1. The number of hydrogen-bond acceptors (Lipinski definition) is 6. The molecule has 3 rings (SSSR count). The number of imidazole rings is 1. The van der Waals surface area contributed by atoms with Crippen LogP contribution in [0.3, 0.4) is 0 Å². The molecule has 0 aliphatic heterocycles. The number of amides is 1. The number of aliphatic hydroxyl groups is 2. The summed E-state index contributed by atoms with van der Waals surface area (Å²) >= 11 is 1.25. The number of carbonyl (C=O) groups excluding carboxylic acids is 1. The summed E-state index contributed by atoms with van der Waals surface area (Å²) in [4.78, 5) is 23.8. The molecule has 132 valence electrons. The van der Waals surface area contributed by atoms with Gasteiger partial charge in [-0.2, -0.15) is 0 Å². The molecular weight excluding hydrogens is 340 g/mol. The Morgan fingerprint density at radius 1 is 1.28 bits per heavy atom. The molecule has 0 fully saturated rings. The van der Waals surface area contributed by atoms with Crippen molar-refractivity contribution in [3.05, 3.63) is 47.5 Å². The minimum Gasteiger partial charge on any atom is -0.383 e. The molecule has 0 aliphatic rings. The van der Waals surface area contributed by atoms with E-state index in [1.807, 2.05) is 38.1 Å². The summed E-state index contributed by atoms with van der Waals surface area (Å²) in [5, 5.41) is 23.7. The average Bonchev–Trinajstić information content (AvgIpc) is 3.26. The molecule has 0 aliphatic carbocycles. The summed E-state index contributed by atoms with van der Waals surface area (Å²) in [6, 6.07) is 7.02. The SMILES string of the molecule is CC(C)[C@H](NC(=O)[C@@H](O)[C@@H](O)c1nc2ccccc2s1)c1ncc[nH]1. The number of benzene rings is 1. The highest BCUT2D eigenvalue weighted by Gasteiger charge is 2.31. The zero-order valence-electron chi connectivity index (χ0n) is 13.9. The minimum atomic E-state index is -1.61. The van der Waals surface area contributed by atoms with Gasteiger partial charge in [0.05, 0.1) is 16.3 Å². The molecule has 0 saturated carbocycles. The second-order valence-corrected chi connectivity index (χ2v) is 7.18. The molecule has 2 heterocycles. The molecule has 4 N–H and O–H groups in total. The predicted molar refractivity (Wildman–Crippen MR) is 94.9 cm³/mol. The number of fused-ring (bicyclic) bond motifs is 1. The summed E-state index contributed by atoms with van der Waals surface area (Å²) in [5.74, 6) is -0.00576. The Labute approximate surface area is 148 Å². The van der Waals surface area contributed by atoms with Crippen molar-refractivity contribution in [3.63, 3.8) is 0 Å². The van der Waals surface area contributed by atoms with Gasteiger partial charge < -0.3 is 20.5 Å². The normalized spacial score (nSPS) is 15.2. The number of nitrogens with zero attached hydrogens (tertiary/aromatic N) is 2. The lowest BCUT2D eigenvalue weighted by molar-refractivity contribution is -0.136. The first-order valence-electron chi connectivity index (χ1n) is 7.98. The van der Waals surface area contributed by atoms with Crippen LogP contribution >= 0.6 is 11.3 Å². The number of hydrogen-bond donors (Lipinski definition) is 4. The van der Waals surface area contributed by atoms with Crippen molar-refractivity contribution in [1.82, 2.24) is 20.3 Å². The van der Waals surface area contributed by atoms with Crippen LogP contribution in [0.2, 0.25) is 0 Å². The van der Waals surface area contributed by atoms with E-state index in [1.54, 1.807) is 12.4 Å². The highest BCUT2D eigenvalue weighted by molar-refractivity contribution is 7.18. The minimum absolute atomic E-state index is 0.0573. The molecule has 2 aromatic heterocycles. The van der Waals surface area contributed by atoms with Gasteiger partial charge in [0.2, 0.25) is 0 Å². The first kappa shape index (κ1) is 17.5. The maximum absolute atomic E-state index is 12.4. The summed E-state index contributed by atoms with van der Waals surface area (Å²) in [6.07, 6.45) is 0.269. The fourth-order valence-electron chi connectivity index (χ4n) is 2.53. The Balaban J connectivity index is 1.74. The zero-order valence-corrected chi connectivity index (χ0v) is 14.7. The van der Waals surface area contributed by atoms with Crippen molar-refractivity contribution in [1.29, 1.82) is 0 Å². The Hall–Kier alpha value is -2.29. The molecule has 0 bridgehead atoms. The van der Waals surface area contributed by atoms with Crippen molar-refractivity contribution in [2.45, 2.75) is 32.1 Å². The van der Waals surface area contributed by atoms with Crippen LogP contribution in [-0.2, 0) is 4.79 Å². The monoisotopic (exact) mass is 360 g/mol. The van der Waals surface area contributed by atoms with Crippen molar-refractivity contribution < 1.29 is 15.0 Å². The van der Waals surface area contributed by atoms with Gasteiger partial charge in [0, 0.05) is 12.4 Å². The second-order valence-electron chi connectivity index (χ2n) is 6.11. The maximum Gasteiger partial charge on any atom is 0.252 e. The van der Waals surface area contributed by atoms with Crippen molar-refractivity contribution in [2.24, 2.45) is 5.92 Å². The van der Waals surface area contributed by atoms with E-state index < -0.39 is 18.1 Å². The van der Waals surface area contributed by atoms with E-state index in [-0.39, 0.29) is 12.0 Å². The first-order valence-corrected chi connectivity index (χ1v) is 8.80. The summed E-state index contributed by atoms with van der Waals surface area (Å²) in [7, 11) is 0. The van der Waals surface area contributed by atoms with Gasteiger partial charge in [0.15, 0.2) is 6.10 Å². The zero-order chi connectivity index (χ0) is 18.0. The van der Waals surface area contributed by atoms with E-state index in [9.17, 15) is 15.0 Å². The number of aromatic nitrogens is 3. The Kier molecular flexibility index (Phi) is 5.12. The van der Waals surface area contributed by atoms with Crippen molar-refractivity contribution in [2.75, 3.05) is 0 Å². The van der Waals surface area contributed by atoms with Crippen LogP contribution in [0.15, 0.2) is 36.7 Å². The highest BCUT2D eigenvalue weighted by atomic mass is 32.1. The lowest BCUT2D eigenvalue weighted by Gasteiger charge is -2.23. The van der Waals surface area contributed by atoms with Crippen molar-refractivity contribution >= 4 is 27.5 Å². The summed E-state index contributed by atoms with van der Waals surface area (Å²) < 4.78 is 0.889. The molecule has 0 unspecified atom stereocenters. The van der Waals surface area contributed by atoms with Crippen LogP contribution in [0.1, 0.15) is 36.8 Å². The second kappa shape index (κ2) is 7.30. The van der Waals surface area contributed by atoms with Crippen molar-refractivity contribution in [3.8, 4) is 0 Å². The molecule has 1 amide bonds. The van der Waals surface area contributed by atoms with E-state index in [0.717, 1.165) is 10.2 Å². The van der Waals surface area contributed by atoms with Crippen LogP contribution in [-0.4, -0.2) is 37.2 Å². The smallest absolute Gasteiger partial charge is 0.252 e. The number of H-pyrrole nitrogens is 1. The number of aliphatic hydroxyl groups excluding tert-OH is 2. The van der Waals surface area contributed by atoms with Crippen LogP contribution in [0.4, 0.5) is 0 Å². The average molecular weight is 360 g/mol. The Bertz CT molecular complexity index is 814. The lowest BCUT2D eigenvalue weighted by Crippen LogP contribution is -2.42. The topological polar surface area (TPSA) is 111 Å². The standard InChI is InChI=1S/C17H20N4O3S/c1-9(2)12(15-18-7-8-19-15)21-16(24)13(22)14(23)17-20-10-5-3-4-6-11(10)25-17/h3-9,12-14,22-23H,1-2H3,(H,18,19)(H,21,24)/t12-,13-,14+/m0/s1. The Morgan fingerprint density at radius 3 is 2.68 bits per heavy atom. The van der Waals surface area contributed by atoms with Gasteiger partial charge in [-0.15, -0.1) is 11.3 Å². The fourth-order valence-corrected chi connectivity index (χ4v) is 3.52. The fraction of sp³-hybridized carbons (Fsp3) is 0.353. The van der Waals surface area contributed by atoms with Gasteiger partial charge in [0.25, 0.3) is 5.91 Å². The molecule has 3 atom stereocenters. The summed E-state index contributed by atoms with van der Waals surface area (Å²) in [6.45, 7) is 3.87. The largest absolute Gasteiger partial charge is 0.383 e. The highest BCUT2D eigenvalue weighted by Crippen LogP contribution is 2.28. The van der Waals surface area contributed by atoms with E-state index in [0.29, 0.717) is 10.8 Å². The first-order chi connectivity index (χ1) is 12.0. The third-order valence-corrected chi connectivity index (χ3v) is 5.02. The van der Waals surface area contributed by atoms with Crippen LogP contribution in [0.25, 0.3) is 10.2 Å². The molecular formula is C17H20N4O3S. The quantitative estimate of drug-likeness (QED) is 0.537. The van der Waals surface area contributed by atoms with E-state index in [1.165, 1.54) is 11.3 Å². The van der Waals surface area contributed by atoms with Gasteiger partial charge in [-0.1, -0.05) is 26.0 Å². The van der Waals surface area contributed by atoms with E-state index in [2.05, 4.69) is 20.3 Å². The van der Waals surface area contributed by atoms with Gasteiger partial charge in [-0.25, -0.2) is 9.97 Å². The number of para-hydroxylation sites is 1. The van der Waals surface area contributed by atoms with Gasteiger partial charge in [0.1, 0.15) is 16.9 Å². The third-order valence-electron chi connectivity index (χ3n) is 3.91. The number of carbonyl (C=O) groups is 1. The molecule has 8 heteroatoms. The molecule has 25 heavy (non-hydrogen) atoms. The number of thiazole rings is 1. The van der Waals surface area contributed by atoms with Crippen LogP contribution < -0.4 is 5.32 Å². The maximum atomic E-state index is 12.4. The van der Waals surface area contributed by atoms with Gasteiger partial charge >= 0.3 is 0 Å². The van der Waals surface area contributed by atoms with Crippen LogP contribution in [0.5, 0.6) is 0 Å². The van der Waals surface area contributed by atoms with Gasteiger partial charge in [-0.05, 0) is 18.1 Å². The molecule has 0 radical (unpaired) electrons. The third kappa shape index (κ3) is 3.71. The van der Waals surface area contributed by atoms with E-state index >= 15 is 0 Å². The molecule has 1 aromatic carbocycles. The summed E-state index contributed by atoms with van der Waals surface area (Å²) in [5.41, 5.74) is 0.727. The van der Waals surface area contributed by atoms with Gasteiger partial charge in [-0.3, -0.25) is 4.79 Å². The predicted octanol–water partition coefficient (Wildman–Crippen LogP) is 1.93. The number of nitrogens with one attached hydrogen (secondary N) is 2. The molecule has 0 saturated heterocycles. The lowest BCUT2D eigenvalue weighted by atomic mass is 10.0. The molecule has 0 spiro atoms. The van der Waals surface area contributed by atoms with Crippen LogP contribution in [0, 0.1) is 5.92 Å². The van der Waals surface area contributed by atoms with E-state index in [4.69, 9.17) is 0 Å². The molecule has 3 aromatic rings.